The molecule has 6 nitrogen and oxygen atoms in total. The van der Waals surface area contributed by atoms with E-state index in [2.05, 4.69) is 0 Å². The van der Waals surface area contributed by atoms with E-state index in [9.17, 15) is 0 Å². The Kier molecular flexibility index (Phi) is 4.63. The summed E-state index contributed by atoms with van der Waals surface area (Å²) in [6.45, 7) is 0. The van der Waals surface area contributed by atoms with Crippen molar-refractivity contribution in [3.63, 3.8) is 0 Å². The molecule has 1 fully saturated rings. The minimum atomic E-state index is -0.390. The summed E-state index contributed by atoms with van der Waals surface area (Å²) < 4.78 is 16.7. The van der Waals surface area contributed by atoms with Crippen LogP contribution < -0.4 is 0 Å². The molecule has 1 aliphatic heterocycles. The molecule has 84 valence electrons. The van der Waals surface area contributed by atoms with Gasteiger partial charge in [0.15, 0.2) is 0 Å². The first-order valence-electron chi connectivity index (χ1n) is 4.87. The number of hydrogen-bond acceptors (Lipinski definition) is 6. The highest BCUT2D eigenvalue weighted by Crippen LogP contribution is 2.11. The molecule has 0 bridgehead atoms. The normalized spacial score (nSPS) is 18.6. The molecular formula is C6H18B3N3O3. The van der Waals surface area contributed by atoms with Crippen LogP contribution in [0.4, 0.5) is 0 Å². The van der Waals surface area contributed by atoms with Gasteiger partial charge in [0.1, 0.15) is 0 Å². The SMILES string of the molecule is CN(C)B1OB(N(C)C)OB(N(C)C)O1. The van der Waals surface area contributed by atoms with Crippen molar-refractivity contribution in [1.29, 1.82) is 0 Å². The second kappa shape index (κ2) is 5.33. The van der Waals surface area contributed by atoms with Crippen LogP contribution in [-0.2, 0) is 13.7 Å². The Hall–Kier alpha value is -0.0452. The van der Waals surface area contributed by atoms with Crippen LogP contribution >= 0.6 is 0 Å². The predicted molar refractivity (Wildman–Crippen MR) is 61.6 cm³/mol. The van der Waals surface area contributed by atoms with E-state index >= 15 is 0 Å². The smallest absolute Gasteiger partial charge is 0.423 e. The average Bonchev–Trinajstić information content (AvgIpc) is 2.16. The monoisotopic (exact) mass is 213 g/mol. The summed E-state index contributed by atoms with van der Waals surface area (Å²) >= 11 is 0. The van der Waals surface area contributed by atoms with E-state index < -0.39 is 21.8 Å². The molecule has 1 rings (SSSR count). The van der Waals surface area contributed by atoms with Crippen LogP contribution in [0.15, 0.2) is 0 Å². The summed E-state index contributed by atoms with van der Waals surface area (Å²) in [7, 11) is 10.2. The highest BCUT2D eigenvalue weighted by Gasteiger charge is 2.45. The van der Waals surface area contributed by atoms with Crippen LogP contribution in [0.25, 0.3) is 0 Å². The van der Waals surface area contributed by atoms with Crippen molar-refractivity contribution < 1.29 is 13.7 Å². The molecule has 9 heteroatoms. The van der Waals surface area contributed by atoms with E-state index in [1.54, 1.807) is 0 Å². The molecule has 0 amide bonds. The summed E-state index contributed by atoms with van der Waals surface area (Å²) in [5.74, 6) is 0. The van der Waals surface area contributed by atoms with Gasteiger partial charge in [-0.1, -0.05) is 0 Å². The van der Waals surface area contributed by atoms with E-state index in [1.165, 1.54) is 0 Å². The summed E-state index contributed by atoms with van der Waals surface area (Å²) in [5.41, 5.74) is 0. The van der Waals surface area contributed by atoms with Gasteiger partial charge in [-0.05, 0) is 42.3 Å². The van der Waals surface area contributed by atoms with Crippen molar-refractivity contribution in [2.24, 2.45) is 0 Å². The second-order valence-corrected chi connectivity index (χ2v) is 4.22. The Bertz CT molecular complexity index is 168. The van der Waals surface area contributed by atoms with Crippen molar-refractivity contribution in [2.75, 3.05) is 42.3 Å². The maximum atomic E-state index is 5.57. The van der Waals surface area contributed by atoms with Gasteiger partial charge >= 0.3 is 21.8 Å². The van der Waals surface area contributed by atoms with Gasteiger partial charge in [-0.15, -0.1) is 0 Å². The van der Waals surface area contributed by atoms with Crippen LogP contribution in [0.5, 0.6) is 0 Å². The quantitative estimate of drug-likeness (QED) is 0.541. The third kappa shape index (κ3) is 3.48. The molecule has 0 aromatic heterocycles. The highest BCUT2D eigenvalue weighted by molar-refractivity contribution is 6.70. The zero-order valence-electron chi connectivity index (χ0n) is 10.3. The zero-order valence-corrected chi connectivity index (χ0v) is 10.3. The standard InChI is InChI=1S/C6H18B3N3O3/c1-10(2)7-13-8(11(3)4)15-9(14-7)12(5)6/h1-6H3. The fourth-order valence-electron chi connectivity index (χ4n) is 1.13. The van der Waals surface area contributed by atoms with Crippen LogP contribution in [0, 0.1) is 0 Å². The lowest BCUT2D eigenvalue weighted by atomic mass is 9.85. The number of nitrogens with zero attached hydrogens (tertiary/aromatic N) is 3. The van der Waals surface area contributed by atoms with Gasteiger partial charge in [-0.25, -0.2) is 0 Å². The average molecular weight is 213 g/mol. The van der Waals surface area contributed by atoms with Crippen molar-refractivity contribution in [3.05, 3.63) is 0 Å². The Morgan fingerprint density at radius 3 is 0.867 bits per heavy atom. The van der Waals surface area contributed by atoms with E-state index in [-0.39, 0.29) is 0 Å². The molecule has 0 saturated carbocycles. The van der Waals surface area contributed by atoms with Crippen LogP contribution in [0.2, 0.25) is 0 Å². The first kappa shape index (κ1) is 13.0. The van der Waals surface area contributed by atoms with E-state index in [0.717, 1.165) is 0 Å². The molecule has 0 aromatic rings. The van der Waals surface area contributed by atoms with Crippen LogP contribution in [-0.4, -0.2) is 78.5 Å². The van der Waals surface area contributed by atoms with Gasteiger partial charge in [0, 0.05) is 0 Å². The molecule has 0 atom stereocenters. The van der Waals surface area contributed by atoms with Crippen molar-refractivity contribution in [3.8, 4) is 0 Å². The summed E-state index contributed by atoms with van der Waals surface area (Å²) in [6, 6.07) is 0. The fraction of sp³-hybridized carbons (Fsp3) is 1.00. The van der Waals surface area contributed by atoms with Gasteiger partial charge in [-0.2, -0.15) is 0 Å². The first-order chi connectivity index (χ1) is 6.91. The van der Waals surface area contributed by atoms with Gasteiger partial charge in [0.25, 0.3) is 0 Å². The second-order valence-electron chi connectivity index (χ2n) is 4.22. The molecule has 1 saturated heterocycles. The van der Waals surface area contributed by atoms with Crippen molar-refractivity contribution in [2.45, 2.75) is 0 Å². The molecular weight excluding hydrogens is 195 g/mol. The minimum Gasteiger partial charge on any atom is -0.423 e. The lowest BCUT2D eigenvalue weighted by Crippen LogP contribution is -2.62. The molecule has 1 aliphatic rings. The van der Waals surface area contributed by atoms with Gasteiger partial charge in [-0.3, -0.25) is 14.4 Å². The lowest BCUT2D eigenvalue weighted by molar-refractivity contribution is 0.184. The highest BCUT2D eigenvalue weighted by atomic mass is 16.7. The molecule has 0 aliphatic carbocycles. The fourth-order valence-corrected chi connectivity index (χ4v) is 1.13. The van der Waals surface area contributed by atoms with Crippen LogP contribution in [0.1, 0.15) is 0 Å². The zero-order chi connectivity index (χ0) is 11.6. The summed E-state index contributed by atoms with van der Waals surface area (Å²) in [4.78, 5) is 5.57. The van der Waals surface area contributed by atoms with Gasteiger partial charge < -0.3 is 13.7 Å². The van der Waals surface area contributed by atoms with E-state index in [4.69, 9.17) is 13.7 Å². The predicted octanol–water partition coefficient (Wildman–Crippen LogP) is -1.31. The number of hydrogen-bond donors (Lipinski definition) is 0. The van der Waals surface area contributed by atoms with Gasteiger partial charge in [0.2, 0.25) is 0 Å². The van der Waals surface area contributed by atoms with Gasteiger partial charge in [0.05, 0.1) is 0 Å². The van der Waals surface area contributed by atoms with E-state index in [0.29, 0.717) is 0 Å². The van der Waals surface area contributed by atoms with Crippen molar-refractivity contribution >= 4 is 21.8 Å². The third-order valence-corrected chi connectivity index (χ3v) is 1.96. The lowest BCUT2D eigenvalue weighted by Gasteiger charge is -2.36. The van der Waals surface area contributed by atoms with E-state index in [1.807, 2.05) is 56.7 Å². The molecule has 0 spiro atoms. The minimum absolute atomic E-state index is 0.390. The Labute approximate surface area is 92.9 Å². The Morgan fingerprint density at radius 1 is 0.533 bits per heavy atom. The number of rotatable bonds is 3. The molecule has 0 radical (unpaired) electrons. The summed E-state index contributed by atoms with van der Waals surface area (Å²) in [6.07, 6.45) is 0. The maximum Gasteiger partial charge on any atom is 0.531 e. The summed E-state index contributed by atoms with van der Waals surface area (Å²) in [5, 5.41) is 0. The molecule has 0 unspecified atom stereocenters. The first-order valence-corrected chi connectivity index (χ1v) is 4.87. The third-order valence-electron chi connectivity index (χ3n) is 1.96. The molecule has 15 heavy (non-hydrogen) atoms. The largest absolute Gasteiger partial charge is 0.531 e. The Balaban J connectivity index is 2.64. The molecule has 0 aromatic carbocycles. The topological polar surface area (TPSA) is 37.4 Å². The van der Waals surface area contributed by atoms with Crippen molar-refractivity contribution in [1.82, 2.24) is 14.4 Å². The maximum absolute atomic E-state index is 5.57. The molecule has 0 N–H and O–H groups in total. The molecule has 1 heterocycles. The Morgan fingerprint density at radius 2 is 0.733 bits per heavy atom. The van der Waals surface area contributed by atoms with Crippen LogP contribution in [0.3, 0.4) is 0 Å².